The van der Waals surface area contributed by atoms with E-state index in [9.17, 15) is 14.9 Å². The number of hydrogen-bond donors (Lipinski definition) is 1. The first-order valence-corrected chi connectivity index (χ1v) is 10.3. The maximum Gasteiger partial charge on any atom is 0.269 e. The van der Waals surface area contributed by atoms with Crippen LogP contribution in [-0.4, -0.2) is 22.2 Å². The quantitative estimate of drug-likeness (QED) is 0.568. The zero-order valence-corrected chi connectivity index (χ0v) is 17.0. The van der Waals surface area contributed by atoms with Crippen LogP contribution in [0.2, 0.25) is 0 Å². The molecule has 1 aliphatic heterocycles. The minimum atomic E-state index is -0.418. The van der Waals surface area contributed by atoms with Crippen LogP contribution in [0.3, 0.4) is 0 Å². The van der Waals surface area contributed by atoms with Gasteiger partial charge >= 0.3 is 0 Å². The summed E-state index contributed by atoms with van der Waals surface area (Å²) in [6, 6.07) is 12.4. The maximum absolute atomic E-state index is 12.5. The van der Waals surface area contributed by atoms with Crippen LogP contribution >= 0.6 is 11.8 Å². The molecule has 0 spiro atoms. The molecule has 0 radical (unpaired) electrons. The molecule has 148 valence electrons. The van der Waals surface area contributed by atoms with Gasteiger partial charge in [0.1, 0.15) is 11.4 Å². The Labute approximate surface area is 168 Å². The highest BCUT2D eigenvalue weighted by atomic mass is 32.2. The first-order valence-electron chi connectivity index (χ1n) is 9.13. The first kappa shape index (κ1) is 20.2. The van der Waals surface area contributed by atoms with Crippen LogP contribution in [0.5, 0.6) is 5.75 Å². The van der Waals surface area contributed by atoms with E-state index in [1.807, 2.05) is 39.0 Å². The van der Waals surface area contributed by atoms with Gasteiger partial charge in [-0.3, -0.25) is 14.9 Å². The molecule has 1 aliphatic rings. The molecule has 0 aliphatic carbocycles. The normalized spacial score (nSPS) is 17.3. The van der Waals surface area contributed by atoms with Crippen LogP contribution < -0.4 is 10.1 Å². The number of rotatable bonds is 6. The predicted molar refractivity (Wildman–Crippen MR) is 111 cm³/mol. The molecule has 0 fully saturated rings. The van der Waals surface area contributed by atoms with Crippen LogP contribution in [0.1, 0.15) is 43.0 Å². The summed E-state index contributed by atoms with van der Waals surface area (Å²) in [6.45, 7) is 6.08. The zero-order valence-electron chi connectivity index (χ0n) is 16.2. The SMILES string of the molecule is Cc1ccc2c(c1)OC(C)(C)CC2NC(=O)CSCc1ccc([N+](=O)[O-])cc1. The molecule has 1 unspecified atom stereocenters. The van der Waals surface area contributed by atoms with Crippen molar-refractivity contribution >= 4 is 23.4 Å². The summed E-state index contributed by atoms with van der Waals surface area (Å²) in [5.41, 5.74) is 2.82. The third-order valence-electron chi connectivity index (χ3n) is 4.61. The van der Waals surface area contributed by atoms with Crippen molar-refractivity contribution in [2.75, 3.05) is 5.75 Å². The van der Waals surface area contributed by atoms with Gasteiger partial charge in [-0.2, -0.15) is 0 Å². The lowest BCUT2D eigenvalue weighted by Crippen LogP contribution is -2.41. The summed E-state index contributed by atoms with van der Waals surface area (Å²) in [7, 11) is 0. The Kier molecular flexibility index (Phi) is 5.93. The molecule has 0 saturated carbocycles. The van der Waals surface area contributed by atoms with E-state index in [1.165, 1.54) is 23.9 Å². The van der Waals surface area contributed by atoms with E-state index in [0.29, 0.717) is 17.9 Å². The van der Waals surface area contributed by atoms with Crippen LogP contribution in [0, 0.1) is 17.0 Å². The molecule has 6 nitrogen and oxygen atoms in total. The molecule has 7 heteroatoms. The number of carbonyl (C=O) groups is 1. The molecule has 3 rings (SSSR count). The second kappa shape index (κ2) is 8.22. The van der Waals surface area contributed by atoms with Crippen molar-refractivity contribution in [2.45, 2.75) is 44.6 Å². The Morgan fingerprint density at radius 1 is 1.29 bits per heavy atom. The molecule has 2 aromatic carbocycles. The maximum atomic E-state index is 12.5. The number of ether oxygens (including phenoxy) is 1. The van der Waals surface area contributed by atoms with Crippen molar-refractivity contribution in [2.24, 2.45) is 0 Å². The van der Waals surface area contributed by atoms with Gasteiger partial charge in [0, 0.05) is 29.9 Å². The number of nitrogens with one attached hydrogen (secondary N) is 1. The molecule has 1 N–H and O–H groups in total. The minimum absolute atomic E-state index is 0.0267. The van der Waals surface area contributed by atoms with Crippen molar-refractivity contribution in [3.63, 3.8) is 0 Å². The first-order chi connectivity index (χ1) is 13.2. The minimum Gasteiger partial charge on any atom is -0.487 e. The van der Waals surface area contributed by atoms with Crippen LogP contribution in [0.4, 0.5) is 5.69 Å². The van der Waals surface area contributed by atoms with Crippen LogP contribution in [0.15, 0.2) is 42.5 Å². The summed E-state index contributed by atoms with van der Waals surface area (Å²) in [5, 5.41) is 13.8. The van der Waals surface area contributed by atoms with Crippen LogP contribution in [-0.2, 0) is 10.5 Å². The van der Waals surface area contributed by atoms with E-state index in [-0.39, 0.29) is 23.2 Å². The fourth-order valence-corrected chi connectivity index (χ4v) is 4.10. The monoisotopic (exact) mass is 400 g/mol. The predicted octanol–water partition coefficient (Wildman–Crippen LogP) is 4.56. The van der Waals surface area contributed by atoms with Gasteiger partial charge < -0.3 is 10.1 Å². The number of nitrogens with zero attached hydrogens (tertiary/aromatic N) is 1. The van der Waals surface area contributed by atoms with Crippen LogP contribution in [0.25, 0.3) is 0 Å². The molecule has 0 aromatic heterocycles. The molecule has 0 saturated heterocycles. The topological polar surface area (TPSA) is 81.5 Å². The third kappa shape index (κ3) is 5.04. The van der Waals surface area contributed by atoms with Gasteiger partial charge in [0.05, 0.1) is 16.7 Å². The van der Waals surface area contributed by atoms with Gasteiger partial charge in [-0.1, -0.05) is 24.3 Å². The van der Waals surface area contributed by atoms with E-state index in [0.717, 1.165) is 22.4 Å². The smallest absolute Gasteiger partial charge is 0.269 e. The Morgan fingerprint density at radius 3 is 2.68 bits per heavy atom. The van der Waals surface area contributed by atoms with Gasteiger partial charge in [0.15, 0.2) is 0 Å². The van der Waals surface area contributed by atoms with E-state index in [4.69, 9.17) is 4.74 Å². The average Bonchev–Trinajstić information content (AvgIpc) is 2.60. The molecule has 1 heterocycles. The number of nitro groups is 1. The summed E-state index contributed by atoms with van der Waals surface area (Å²) < 4.78 is 6.07. The summed E-state index contributed by atoms with van der Waals surface area (Å²) in [4.78, 5) is 22.7. The van der Waals surface area contributed by atoms with Gasteiger partial charge in [-0.25, -0.2) is 0 Å². The summed E-state index contributed by atoms with van der Waals surface area (Å²) in [6.07, 6.45) is 0.710. The number of nitro benzene ring substituents is 1. The number of benzene rings is 2. The molecular weight excluding hydrogens is 376 g/mol. The summed E-state index contributed by atoms with van der Waals surface area (Å²) in [5.74, 6) is 1.76. The fraction of sp³-hybridized carbons (Fsp3) is 0.381. The second-order valence-corrected chi connectivity index (χ2v) is 8.63. The molecule has 28 heavy (non-hydrogen) atoms. The fourth-order valence-electron chi connectivity index (χ4n) is 3.30. The van der Waals surface area contributed by atoms with E-state index in [2.05, 4.69) is 5.32 Å². The standard InChI is InChI=1S/C21H24N2O4S/c1-14-4-9-17-18(11-21(2,3)27-19(17)10-14)22-20(24)13-28-12-15-5-7-16(8-6-15)23(25)26/h4-10,18H,11-13H2,1-3H3,(H,22,24). The van der Waals surface area contributed by atoms with Gasteiger partial charge in [-0.05, 0) is 38.0 Å². The molecular formula is C21H24N2O4S. The lowest BCUT2D eigenvalue weighted by atomic mass is 9.89. The number of non-ortho nitro benzene ring substituents is 1. The van der Waals surface area contributed by atoms with Crippen molar-refractivity contribution in [1.82, 2.24) is 5.32 Å². The molecule has 0 bridgehead atoms. The van der Waals surface area contributed by atoms with Gasteiger partial charge in [0.2, 0.25) is 5.91 Å². The number of fused-ring (bicyclic) bond motifs is 1. The van der Waals surface area contributed by atoms with Gasteiger partial charge in [-0.15, -0.1) is 11.8 Å². The van der Waals surface area contributed by atoms with Crippen molar-refractivity contribution < 1.29 is 14.5 Å². The lowest BCUT2D eigenvalue weighted by molar-refractivity contribution is -0.384. The average molecular weight is 401 g/mol. The number of amides is 1. The molecule has 1 atom stereocenters. The lowest BCUT2D eigenvalue weighted by Gasteiger charge is -2.38. The number of aryl methyl sites for hydroxylation is 1. The van der Waals surface area contributed by atoms with Gasteiger partial charge in [0.25, 0.3) is 5.69 Å². The molecule has 1 amide bonds. The Balaban J connectivity index is 1.56. The Bertz CT molecular complexity index is 880. The van der Waals surface area contributed by atoms with E-state index >= 15 is 0 Å². The Morgan fingerprint density at radius 2 is 2.00 bits per heavy atom. The Hall–Kier alpha value is -2.54. The highest BCUT2D eigenvalue weighted by Gasteiger charge is 2.34. The number of carbonyl (C=O) groups excluding carboxylic acids is 1. The molecule has 2 aromatic rings. The van der Waals surface area contributed by atoms with E-state index in [1.54, 1.807) is 12.1 Å². The number of thioether (sulfide) groups is 1. The summed E-state index contributed by atoms with van der Waals surface area (Å²) >= 11 is 1.49. The second-order valence-electron chi connectivity index (χ2n) is 7.64. The highest BCUT2D eigenvalue weighted by Crippen LogP contribution is 2.39. The largest absolute Gasteiger partial charge is 0.487 e. The highest BCUT2D eigenvalue weighted by molar-refractivity contribution is 7.99. The number of hydrogen-bond acceptors (Lipinski definition) is 5. The van der Waals surface area contributed by atoms with Crippen molar-refractivity contribution in [3.8, 4) is 5.75 Å². The van der Waals surface area contributed by atoms with Crippen molar-refractivity contribution in [1.29, 1.82) is 0 Å². The van der Waals surface area contributed by atoms with Crippen molar-refractivity contribution in [3.05, 3.63) is 69.3 Å². The van der Waals surface area contributed by atoms with E-state index < -0.39 is 4.92 Å². The third-order valence-corrected chi connectivity index (χ3v) is 5.61. The zero-order chi connectivity index (χ0) is 20.3.